The van der Waals surface area contributed by atoms with Crippen molar-refractivity contribution in [3.8, 4) is 11.5 Å². The quantitative estimate of drug-likeness (QED) is 0.898. The second-order valence-electron chi connectivity index (χ2n) is 3.99. The van der Waals surface area contributed by atoms with Crippen molar-refractivity contribution in [3.05, 3.63) is 54.1 Å². The molecule has 1 heterocycles. The number of pyridine rings is 1. The molecule has 0 bridgehead atoms. The van der Waals surface area contributed by atoms with Gasteiger partial charge in [0, 0.05) is 12.2 Å². The van der Waals surface area contributed by atoms with Gasteiger partial charge in [-0.2, -0.15) is 0 Å². The number of ether oxygens (including phenoxy) is 1. The highest BCUT2D eigenvalue weighted by molar-refractivity contribution is 5.34. The number of rotatable bonds is 4. The van der Waals surface area contributed by atoms with Crippen LogP contribution in [0.1, 0.15) is 18.5 Å². The van der Waals surface area contributed by atoms with Crippen LogP contribution < -0.4 is 10.1 Å². The number of aromatic nitrogens is 1. The number of halogens is 1. The van der Waals surface area contributed by atoms with Crippen molar-refractivity contribution in [1.29, 1.82) is 0 Å². The molecule has 0 saturated carbocycles. The number of benzene rings is 1. The maximum absolute atomic E-state index is 13.9. The zero-order chi connectivity index (χ0) is 13.0. The largest absolute Gasteiger partial charge is 0.453 e. The fraction of sp³-hybridized carbons (Fsp3) is 0.214. The van der Waals surface area contributed by atoms with E-state index in [2.05, 4.69) is 10.3 Å². The molecule has 2 rings (SSSR count). The molecule has 0 amide bonds. The first-order valence-corrected chi connectivity index (χ1v) is 5.75. The smallest absolute Gasteiger partial charge is 0.166 e. The SMILES string of the molecule is CNC(C)c1ccc(Oc2cccnc2)c(F)c1. The second kappa shape index (κ2) is 5.60. The molecular weight excluding hydrogens is 231 g/mol. The van der Waals surface area contributed by atoms with Crippen LogP contribution in [0.25, 0.3) is 0 Å². The molecule has 1 atom stereocenters. The Balaban J connectivity index is 2.20. The van der Waals surface area contributed by atoms with Gasteiger partial charge in [0.05, 0.1) is 6.20 Å². The fourth-order valence-electron chi connectivity index (χ4n) is 1.57. The highest BCUT2D eigenvalue weighted by Crippen LogP contribution is 2.26. The van der Waals surface area contributed by atoms with Crippen molar-refractivity contribution >= 4 is 0 Å². The standard InChI is InChI=1S/C14H15FN2O/c1-10(16-2)11-5-6-14(13(15)8-11)18-12-4-3-7-17-9-12/h3-10,16H,1-2H3. The van der Waals surface area contributed by atoms with Crippen molar-refractivity contribution < 1.29 is 9.13 Å². The van der Waals surface area contributed by atoms with Crippen LogP contribution in [0.15, 0.2) is 42.7 Å². The molecule has 3 nitrogen and oxygen atoms in total. The molecule has 1 unspecified atom stereocenters. The van der Waals surface area contributed by atoms with E-state index in [0.29, 0.717) is 5.75 Å². The maximum atomic E-state index is 13.9. The van der Waals surface area contributed by atoms with Crippen LogP contribution in [-0.2, 0) is 0 Å². The van der Waals surface area contributed by atoms with Crippen LogP contribution in [0, 0.1) is 5.82 Å². The van der Waals surface area contributed by atoms with E-state index in [1.807, 2.05) is 20.0 Å². The van der Waals surface area contributed by atoms with E-state index in [4.69, 9.17) is 4.74 Å². The highest BCUT2D eigenvalue weighted by Gasteiger charge is 2.09. The van der Waals surface area contributed by atoms with Crippen LogP contribution in [0.2, 0.25) is 0 Å². The van der Waals surface area contributed by atoms with Crippen molar-refractivity contribution in [1.82, 2.24) is 10.3 Å². The Bertz CT molecular complexity index is 516. The van der Waals surface area contributed by atoms with Gasteiger partial charge in [-0.05, 0) is 43.8 Å². The Kier molecular flexibility index (Phi) is 3.89. The van der Waals surface area contributed by atoms with Gasteiger partial charge in [-0.3, -0.25) is 4.98 Å². The normalized spacial score (nSPS) is 12.2. The van der Waals surface area contributed by atoms with Crippen LogP contribution >= 0.6 is 0 Å². The molecule has 0 spiro atoms. The first-order chi connectivity index (χ1) is 8.70. The molecule has 0 aliphatic heterocycles. The fourth-order valence-corrected chi connectivity index (χ4v) is 1.57. The summed E-state index contributed by atoms with van der Waals surface area (Å²) in [7, 11) is 1.84. The minimum Gasteiger partial charge on any atom is -0.453 e. The molecule has 94 valence electrons. The molecular formula is C14H15FN2O. The zero-order valence-corrected chi connectivity index (χ0v) is 10.4. The summed E-state index contributed by atoms with van der Waals surface area (Å²) in [6, 6.07) is 8.53. The third kappa shape index (κ3) is 2.84. The van der Waals surface area contributed by atoms with Crippen LogP contribution in [0.4, 0.5) is 4.39 Å². The minimum atomic E-state index is -0.376. The molecule has 0 aliphatic carbocycles. The third-order valence-electron chi connectivity index (χ3n) is 2.75. The Morgan fingerprint density at radius 2 is 2.17 bits per heavy atom. The Morgan fingerprint density at radius 3 is 2.78 bits per heavy atom. The minimum absolute atomic E-state index is 0.104. The first kappa shape index (κ1) is 12.5. The Morgan fingerprint density at radius 1 is 1.33 bits per heavy atom. The molecule has 4 heteroatoms. The number of hydrogen-bond donors (Lipinski definition) is 1. The molecule has 0 aliphatic rings. The van der Waals surface area contributed by atoms with E-state index in [0.717, 1.165) is 5.56 Å². The molecule has 2 aromatic rings. The molecule has 1 aromatic carbocycles. The summed E-state index contributed by atoms with van der Waals surface area (Å²) in [5, 5.41) is 3.06. The van der Waals surface area contributed by atoms with E-state index in [9.17, 15) is 4.39 Å². The molecule has 1 aromatic heterocycles. The molecule has 0 saturated heterocycles. The number of nitrogens with one attached hydrogen (secondary N) is 1. The van der Waals surface area contributed by atoms with Gasteiger partial charge in [0.1, 0.15) is 5.75 Å². The van der Waals surface area contributed by atoms with E-state index in [-0.39, 0.29) is 17.6 Å². The van der Waals surface area contributed by atoms with Crippen molar-refractivity contribution in [2.24, 2.45) is 0 Å². The van der Waals surface area contributed by atoms with Gasteiger partial charge < -0.3 is 10.1 Å². The van der Waals surface area contributed by atoms with Crippen molar-refractivity contribution in [3.63, 3.8) is 0 Å². The molecule has 1 N–H and O–H groups in total. The van der Waals surface area contributed by atoms with E-state index >= 15 is 0 Å². The molecule has 0 fully saturated rings. The summed E-state index contributed by atoms with van der Waals surface area (Å²) < 4.78 is 19.3. The van der Waals surface area contributed by atoms with Gasteiger partial charge in [-0.25, -0.2) is 4.39 Å². The van der Waals surface area contributed by atoms with Gasteiger partial charge in [0.25, 0.3) is 0 Å². The topological polar surface area (TPSA) is 34.1 Å². The first-order valence-electron chi connectivity index (χ1n) is 5.75. The maximum Gasteiger partial charge on any atom is 0.166 e. The van der Waals surface area contributed by atoms with Crippen molar-refractivity contribution in [2.75, 3.05) is 7.05 Å². The predicted octanol–water partition coefficient (Wildman–Crippen LogP) is 3.29. The van der Waals surface area contributed by atoms with Gasteiger partial charge >= 0.3 is 0 Å². The van der Waals surface area contributed by atoms with Crippen molar-refractivity contribution in [2.45, 2.75) is 13.0 Å². The second-order valence-corrected chi connectivity index (χ2v) is 3.99. The summed E-state index contributed by atoms with van der Waals surface area (Å²) >= 11 is 0. The molecule has 18 heavy (non-hydrogen) atoms. The number of nitrogens with zero attached hydrogens (tertiary/aromatic N) is 1. The van der Waals surface area contributed by atoms with Gasteiger partial charge in [-0.1, -0.05) is 6.07 Å². The third-order valence-corrected chi connectivity index (χ3v) is 2.75. The van der Waals surface area contributed by atoms with Crippen LogP contribution in [0.5, 0.6) is 11.5 Å². The summed E-state index contributed by atoms with van der Waals surface area (Å²) in [6.07, 6.45) is 3.19. The monoisotopic (exact) mass is 246 g/mol. The Labute approximate surface area is 106 Å². The van der Waals surface area contributed by atoms with E-state index in [1.54, 1.807) is 30.6 Å². The summed E-state index contributed by atoms with van der Waals surface area (Å²) in [5.41, 5.74) is 0.883. The molecule has 0 radical (unpaired) electrons. The Hall–Kier alpha value is -1.94. The van der Waals surface area contributed by atoms with Crippen LogP contribution in [-0.4, -0.2) is 12.0 Å². The van der Waals surface area contributed by atoms with E-state index < -0.39 is 0 Å². The van der Waals surface area contributed by atoms with Gasteiger partial charge in [-0.15, -0.1) is 0 Å². The number of hydrogen-bond acceptors (Lipinski definition) is 3. The summed E-state index contributed by atoms with van der Waals surface area (Å²) in [6.45, 7) is 1.97. The lowest BCUT2D eigenvalue weighted by atomic mass is 10.1. The lowest BCUT2D eigenvalue weighted by Gasteiger charge is -2.12. The average molecular weight is 246 g/mol. The lowest BCUT2D eigenvalue weighted by Crippen LogP contribution is -2.12. The highest BCUT2D eigenvalue weighted by atomic mass is 19.1. The van der Waals surface area contributed by atoms with Gasteiger partial charge in [0.2, 0.25) is 0 Å². The summed E-state index contributed by atoms with van der Waals surface area (Å²) in [5.74, 6) is 0.347. The summed E-state index contributed by atoms with van der Waals surface area (Å²) in [4.78, 5) is 3.91. The zero-order valence-electron chi connectivity index (χ0n) is 10.4. The van der Waals surface area contributed by atoms with E-state index in [1.165, 1.54) is 6.07 Å². The lowest BCUT2D eigenvalue weighted by molar-refractivity contribution is 0.439. The average Bonchev–Trinajstić information content (AvgIpc) is 2.41. The predicted molar refractivity (Wildman–Crippen MR) is 68.2 cm³/mol. The van der Waals surface area contributed by atoms with Crippen LogP contribution in [0.3, 0.4) is 0 Å². The van der Waals surface area contributed by atoms with Gasteiger partial charge in [0.15, 0.2) is 11.6 Å².